The number of hydrogen-bond acceptors (Lipinski definition) is 8. The van der Waals surface area contributed by atoms with E-state index in [1.54, 1.807) is 26.1 Å². The summed E-state index contributed by atoms with van der Waals surface area (Å²) in [6.07, 6.45) is 2.31. The van der Waals surface area contributed by atoms with Crippen molar-refractivity contribution in [1.82, 2.24) is 25.5 Å². The van der Waals surface area contributed by atoms with Gasteiger partial charge in [-0.2, -0.15) is 0 Å². The average molecular weight is 634 g/mol. The second-order valence-electron chi connectivity index (χ2n) is 11.5. The molecule has 1 unspecified atom stereocenters. The maximum Gasteiger partial charge on any atom is 0.247 e. The van der Waals surface area contributed by atoms with Crippen molar-refractivity contribution in [1.29, 1.82) is 0 Å². The van der Waals surface area contributed by atoms with E-state index in [1.807, 2.05) is 20.8 Å². The Balaban J connectivity index is 0.00000529. The molecule has 0 spiro atoms. The number of anilines is 3. The molecule has 11 nitrogen and oxygen atoms in total. The molecule has 4 rings (SSSR count). The molecule has 3 atom stereocenters. The highest BCUT2D eigenvalue weighted by Gasteiger charge is 2.42. The highest BCUT2D eigenvalue weighted by Crippen LogP contribution is 2.34. The topological polar surface area (TPSA) is 138 Å². The van der Waals surface area contributed by atoms with Crippen LogP contribution in [0.2, 0.25) is 0 Å². The molecule has 4 N–H and O–H groups in total. The van der Waals surface area contributed by atoms with E-state index in [9.17, 15) is 23.2 Å². The number of carbonyl (C=O) groups is 3. The maximum atomic E-state index is 14.4. The monoisotopic (exact) mass is 633 g/mol. The van der Waals surface area contributed by atoms with Gasteiger partial charge in [0.05, 0.1) is 30.0 Å². The normalized spacial score (nSPS) is 16.1. The number of likely N-dealkylation sites (tertiary alicyclic amines) is 1. The highest BCUT2D eigenvalue weighted by molar-refractivity contribution is 6.03. The van der Waals surface area contributed by atoms with Gasteiger partial charge in [0.1, 0.15) is 30.0 Å². The van der Waals surface area contributed by atoms with Gasteiger partial charge in [-0.15, -0.1) is 12.4 Å². The van der Waals surface area contributed by atoms with Gasteiger partial charge in [0.25, 0.3) is 0 Å². The summed E-state index contributed by atoms with van der Waals surface area (Å²) in [6, 6.07) is 4.76. The smallest absolute Gasteiger partial charge is 0.247 e. The number of carbonyl (C=O) groups excluding carboxylic acids is 3. The molecule has 0 saturated carbocycles. The summed E-state index contributed by atoms with van der Waals surface area (Å²) in [5.74, 6) is -2.69. The lowest BCUT2D eigenvalue weighted by Crippen LogP contribution is -2.59. The third-order valence-electron chi connectivity index (χ3n) is 7.48. The van der Waals surface area contributed by atoms with Crippen LogP contribution < -0.4 is 26.0 Å². The van der Waals surface area contributed by atoms with Gasteiger partial charge in [0.15, 0.2) is 11.6 Å². The molecule has 1 aliphatic heterocycles. The van der Waals surface area contributed by atoms with Crippen LogP contribution in [-0.4, -0.2) is 71.4 Å². The maximum absolute atomic E-state index is 14.4. The molecule has 1 aliphatic rings. The number of fused-ring (bicyclic) bond motifs is 1. The molecule has 3 aromatic rings. The molecule has 14 heteroatoms. The predicted octanol–water partition coefficient (Wildman–Crippen LogP) is 4.15. The summed E-state index contributed by atoms with van der Waals surface area (Å²) in [4.78, 5) is 50.0. The fourth-order valence-electron chi connectivity index (χ4n) is 4.91. The van der Waals surface area contributed by atoms with Crippen molar-refractivity contribution >= 4 is 58.2 Å². The molecule has 3 amide bonds. The van der Waals surface area contributed by atoms with Crippen LogP contribution in [-0.2, 0) is 14.4 Å². The minimum atomic E-state index is -1.06. The Hall–Kier alpha value is -4.10. The van der Waals surface area contributed by atoms with Gasteiger partial charge < -0.3 is 30.9 Å². The molecule has 44 heavy (non-hydrogen) atoms. The van der Waals surface area contributed by atoms with Crippen LogP contribution in [0.1, 0.15) is 40.5 Å². The Labute approximate surface area is 260 Å². The van der Waals surface area contributed by atoms with Crippen LogP contribution in [0.5, 0.6) is 5.75 Å². The minimum absolute atomic E-state index is 0. The summed E-state index contributed by atoms with van der Waals surface area (Å²) in [5, 5.41) is 11.8. The lowest BCUT2D eigenvalue weighted by Gasteiger charge is -2.36. The zero-order valence-corrected chi connectivity index (χ0v) is 26.3. The van der Waals surface area contributed by atoms with Gasteiger partial charge in [-0.25, -0.2) is 18.7 Å². The van der Waals surface area contributed by atoms with Crippen molar-refractivity contribution in [2.75, 3.05) is 31.3 Å². The van der Waals surface area contributed by atoms with E-state index in [1.165, 1.54) is 30.5 Å². The van der Waals surface area contributed by atoms with E-state index < -0.39 is 41.1 Å². The second-order valence-corrected chi connectivity index (χ2v) is 11.5. The van der Waals surface area contributed by atoms with Crippen LogP contribution in [0.4, 0.5) is 26.0 Å². The quantitative estimate of drug-likeness (QED) is 0.276. The molecule has 1 fully saturated rings. The summed E-state index contributed by atoms with van der Waals surface area (Å²) >= 11 is 0. The summed E-state index contributed by atoms with van der Waals surface area (Å²) in [5.41, 5.74) is -0.0245. The fraction of sp³-hybridized carbons (Fsp3) is 0.433. The summed E-state index contributed by atoms with van der Waals surface area (Å²) in [7, 11) is 3.10. The lowest BCUT2D eigenvalue weighted by atomic mass is 9.85. The van der Waals surface area contributed by atoms with Crippen LogP contribution >= 0.6 is 12.4 Å². The SMILES string of the molecule is CN[C@@H](C)C(=O)N[C@H](C(=O)N1CCCC1C(=O)Nc1cc2c(Nc3cccc(F)c3F)ncnc2cc1OC)C(C)(C)C.Cl. The van der Waals surface area contributed by atoms with E-state index in [2.05, 4.69) is 31.2 Å². The third kappa shape index (κ3) is 7.33. The predicted molar refractivity (Wildman–Crippen MR) is 166 cm³/mol. The van der Waals surface area contributed by atoms with Gasteiger partial charge in [-0.05, 0) is 50.4 Å². The van der Waals surface area contributed by atoms with E-state index in [0.717, 1.165) is 6.07 Å². The summed E-state index contributed by atoms with van der Waals surface area (Å²) < 4.78 is 33.7. The molecule has 1 aromatic heterocycles. The van der Waals surface area contributed by atoms with Crippen LogP contribution in [0.15, 0.2) is 36.7 Å². The van der Waals surface area contributed by atoms with Gasteiger partial charge in [0.2, 0.25) is 17.7 Å². The number of benzene rings is 2. The Bertz CT molecular complexity index is 1540. The van der Waals surface area contributed by atoms with E-state index in [-0.39, 0.29) is 41.4 Å². The molecular weight excluding hydrogens is 596 g/mol. The van der Waals surface area contributed by atoms with Crippen molar-refractivity contribution < 1.29 is 27.9 Å². The number of rotatable bonds is 9. The molecule has 0 aliphatic carbocycles. The largest absolute Gasteiger partial charge is 0.494 e. The standard InChI is InChI=1S/C30H37F2N7O4.ClH/c1-16(33-5)27(40)38-25(30(2,3)4)29(42)39-12-8-11-22(39)28(41)37-21-13-17-20(14-23(21)43-6)34-15-35-26(17)36-19-10-7-9-18(31)24(19)32;/h7,9-10,13-16,22,25,33H,8,11-12H2,1-6H3,(H,37,41)(H,38,40)(H,34,35,36);1H/t16-,22?,25+;/m0./s1. The van der Waals surface area contributed by atoms with E-state index in [4.69, 9.17) is 4.74 Å². The third-order valence-corrected chi connectivity index (χ3v) is 7.48. The second kappa shape index (κ2) is 14.1. The molecular formula is C30H38ClF2N7O4. The first-order chi connectivity index (χ1) is 20.3. The van der Waals surface area contributed by atoms with Crippen molar-refractivity contribution in [2.24, 2.45) is 5.41 Å². The van der Waals surface area contributed by atoms with Crippen LogP contribution in [0, 0.1) is 17.0 Å². The van der Waals surface area contributed by atoms with Crippen molar-refractivity contribution in [3.8, 4) is 5.75 Å². The molecule has 2 heterocycles. The summed E-state index contributed by atoms with van der Waals surface area (Å²) in [6.45, 7) is 7.62. The van der Waals surface area contributed by atoms with Gasteiger partial charge >= 0.3 is 0 Å². The Morgan fingerprint density at radius 3 is 2.50 bits per heavy atom. The van der Waals surface area contributed by atoms with Gasteiger partial charge in [-0.3, -0.25) is 14.4 Å². The Morgan fingerprint density at radius 1 is 1.11 bits per heavy atom. The molecule has 0 bridgehead atoms. The van der Waals surface area contributed by atoms with Crippen molar-refractivity contribution in [2.45, 2.75) is 58.7 Å². The van der Waals surface area contributed by atoms with Gasteiger partial charge in [0, 0.05) is 18.0 Å². The number of nitrogens with one attached hydrogen (secondary N) is 4. The minimum Gasteiger partial charge on any atom is -0.494 e. The number of halogens is 3. The first-order valence-electron chi connectivity index (χ1n) is 14.0. The number of aromatic nitrogens is 2. The fourth-order valence-corrected chi connectivity index (χ4v) is 4.91. The number of methoxy groups -OCH3 is 1. The van der Waals surface area contributed by atoms with Crippen LogP contribution in [0.25, 0.3) is 10.9 Å². The molecule has 238 valence electrons. The van der Waals surface area contributed by atoms with Gasteiger partial charge in [-0.1, -0.05) is 26.8 Å². The first-order valence-corrected chi connectivity index (χ1v) is 14.0. The zero-order chi connectivity index (χ0) is 31.5. The molecule has 1 saturated heterocycles. The van der Waals surface area contributed by atoms with E-state index in [0.29, 0.717) is 36.0 Å². The number of hydrogen-bond donors (Lipinski definition) is 4. The molecule has 2 aromatic carbocycles. The lowest BCUT2D eigenvalue weighted by molar-refractivity contribution is -0.143. The van der Waals surface area contributed by atoms with Crippen molar-refractivity contribution in [3.05, 3.63) is 48.3 Å². The van der Waals surface area contributed by atoms with Crippen LogP contribution in [0.3, 0.4) is 0 Å². The first kappa shape index (κ1) is 34.4. The highest BCUT2D eigenvalue weighted by atomic mass is 35.5. The Morgan fingerprint density at radius 2 is 1.84 bits per heavy atom. The zero-order valence-electron chi connectivity index (χ0n) is 25.5. The van der Waals surface area contributed by atoms with Crippen molar-refractivity contribution in [3.63, 3.8) is 0 Å². The number of amides is 3. The van der Waals surface area contributed by atoms with E-state index >= 15 is 0 Å². The average Bonchev–Trinajstić information content (AvgIpc) is 3.47. The Kier molecular flexibility index (Phi) is 11.0. The number of nitrogens with zero attached hydrogens (tertiary/aromatic N) is 3. The molecule has 0 radical (unpaired) electrons. The number of ether oxygens (including phenoxy) is 1. The number of likely N-dealkylation sites (N-methyl/N-ethyl adjacent to an activating group) is 1.